The van der Waals surface area contributed by atoms with Crippen LogP contribution in [-0.4, -0.2) is 53.2 Å². The van der Waals surface area contributed by atoms with E-state index < -0.39 is 10.9 Å². The highest BCUT2D eigenvalue weighted by atomic mass is 16.6. The van der Waals surface area contributed by atoms with Crippen molar-refractivity contribution in [1.82, 2.24) is 14.9 Å². The molecule has 3 aromatic rings. The van der Waals surface area contributed by atoms with E-state index in [-0.39, 0.29) is 29.0 Å². The predicted octanol–water partition coefficient (Wildman–Crippen LogP) is 5.06. The van der Waals surface area contributed by atoms with Gasteiger partial charge in [0.15, 0.2) is 0 Å². The zero-order chi connectivity index (χ0) is 27.0. The minimum Gasteiger partial charge on any atom is -0.465 e. The molecule has 0 spiro atoms. The number of aromatic nitrogens is 2. The van der Waals surface area contributed by atoms with Crippen LogP contribution in [0.15, 0.2) is 30.6 Å². The van der Waals surface area contributed by atoms with Crippen LogP contribution in [0.2, 0.25) is 0 Å². The summed E-state index contributed by atoms with van der Waals surface area (Å²) in [6, 6.07) is 8.11. The number of nitro benzene ring substituents is 1. The first kappa shape index (κ1) is 26.0. The van der Waals surface area contributed by atoms with Gasteiger partial charge in [0, 0.05) is 25.2 Å². The highest BCUT2D eigenvalue weighted by molar-refractivity contribution is 6.06. The minimum absolute atomic E-state index is 0.0120. The van der Waals surface area contributed by atoms with Crippen LogP contribution in [0.4, 0.5) is 17.1 Å². The zero-order valence-electron chi connectivity index (χ0n) is 22.3. The fourth-order valence-electron chi connectivity index (χ4n) is 6.15. The van der Waals surface area contributed by atoms with E-state index in [0.29, 0.717) is 22.9 Å². The number of nitrogens with zero attached hydrogens (tertiary/aromatic N) is 4. The molecule has 202 valence electrons. The van der Waals surface area contributed by atoms with Crippen LogP contribution < -0.4 is 16.0 Å². The van der Waals surface area contributed by atoms with Gasteiger partial charge >= 0.3 is 11.7 Å². The van der Waals surface area contributed by atoms with E-state index in [1.165, 1.54) is 26.4 Å². The van der Waals surface area contributed by atoms with Crippen LogP contribution in [0.1, 0.15) is 68.3 Å². The number of ether oxygens (including phenoxy) is 1. The lowest BCUT2D eigenvalue weighted by Crippen LogP contribution is -2.44. The van der Waals surface area contributed by atoms with Crippen LogP contribution in [0.25, 0.3) is 22.2 Å². The van der Waals surface area contributed by atoms with Gasteiger partial charge in [-0.1, -0.05) is 25.3 Å². The first-order chi connectivity index (χ1) is 18.3. The Morgan fingerprint density at radius 2 is 2.00 bits per heavy atom. The van der Waals surface area contributed by atoms with Gasteiger partial charge in [-0.15, -0.1) is 0 Å². The number of nitro groups is 1. The predicted molar refractivity (Wildman–Crippen MR) is 149 cm³/mol. The van der Waals surface area contributed by atoms with E-state index in [0.717, 1.165) is 43.3 Å². The zero-order valence-corrected chi connectivity index (χ0v) is 22.3. The van der Waals surface area contributed by atoms with Gasteiger partial charge in [-0.2, -0.15) is 0 Å². The minimum atomic E-state index is -0.702. The van der Waals surface area contributed by atoms with Crippen molar-refractivity contribution in [3.05, 3.63) is 46.3 Å². The average molecular weight is 521 g/mol. The molecule has 2 fully saturated rings. The number of methoxy groups -OCH3 is 1. The van der Waals surface area contributed by atoms with Crippen molar-refractivity contribution in [2.24, 2.45) is 0 Å². The fourth-order valence-corrected chi connectivity index (χ4v) is 6.15. The smallest absolute Gasteiger partial charge is 0.342 e. The van der Waals surface area contributed by atoms with Crippen LogP contribution in [-0.2, 0) is 4.74 Å². The molecule has 1 aliphatic carbocycles. The third-order valence-electron chi connectivity index (χ3n) is 8.41. The number of fused-ring (bicyclic) bond motifs is 1. The van der Waals surface area contributed by atoms with Gasteiger partial charge in [-0.25, -0.2) is 9.78 Å². The Kier molecular flexibility index (Phi) is 7.25. The second kappa shape index (κ2) is 10.6. The molecule has 2 atom stereocenters. The molecule has 10 heteroatoms. The van der Waals surface area contributed by atoms with Gasteiger partial charge < -0.3 is 25.3 Å². The largest absolute Gasteiger partial charge is 0.465 e. The molecule has 0 radical (unpaired) electrons. The Morgan fingerprint density at radius 3 is 2.66 bits per heavy atom. The lowest BCUT2D eigenvalue weighted by molar-refractivity contribution is -0.383. The Labute approximate surface area is 222 Å². The fraction of sp³-hybridized carbons (Fsp3) is 0.500. The summed E-state index contributed by atoms with van der Waals surface area (Å²) in [5, 5.41) is 15.8. The lowest BCUT2D eigenvalue weighted by atomic mass is 9.94. The number of esters is 1. The van der Waals surface area contributed by atoms with Gasteiger partial charge in [0.2, 0.25) is 0 Å². The molecule has 2 unspecified atom stereocenters. The lowest BCUT2D eigenvalue weighted by Gasteiger charge is -2.33. The summed E-state index contributed by atoms with van der Waals surface area (Å²) in [7, 11) is 3.14. The van der Waals surface area contributed by atoms with E-state index in [1.54, 1.807) is 6.07 Å². The average Bonchev–Trinajstić information content (AvgIpc) is 3.61. The molecule has 3 N–H and O–H groups in total. The Hall–Kier alpha value is -3.66. The number of likely N-dealkylation sites (N-methyl/N-ethyl adjacent to an activating group) is 1. The van der Waals surface area contributed by atoms with Crippen molar-refractivity contribution in [2.45, 2.75) is 70.0 Å². The third-order valence-corrected chi connectivity index (χ3v) is 8.41. The number of rotatable bonds is 7. The maximum atomic E-state index is 12.9. The van der Waals surface area contributed by atoms with E-state index in [4.69, 9.17) is 10.5 Å². The molecule has 38 heavy (non-hydrogen) atoms. The molecule has 2 aromatic carbocycles. The highest BCUT2D eigenvalue weighted by Crippen LogP contribution is 2.44. The maximum Gasteiger partial charge on any atom is 0.342 e. The summed E-state index contributed by atoms with van der Waals surface area (Å²) in [6.45, 7) is 3.01. The summed E-state index contributed by atoms with van der Waals surface area (Å²) in [4.78, 5) is 31.3. The monoisotopic (exact) mass is 520 g/mol. The second-order valence-electron chi connectivity index (χ2n) is 10.5. The van der Waals surface area contributed by atoms with Crippen LogP contribution in [0.3, 0.4) is 0 Å². The Balaban J connectivity index is 1.64. The number of nitrogens with two attached hydrogens (primary N) is 1. The van der Waals surface area contributed by atoms with Crippen LogP contribution in [0.5, 0.6) is 0 Å². The molecule has 1 aliphatic heterocycles. The SMILES string of the molecule is COC(=O)c1c(N(C)C(C)C2CCCN2)cc(-c2ccc3c(c2)ncn3C2CCCCC2)c([N+](=O)[O-])c1N. The van der Waals surface area contributed by atoms with Gasteiger partial charge in [0.25, 0.3) is 0 Å². The maximum absolute atomic E-state index is 12.9. The van der Waals surface area contributed by atoms with Crippen LogP contribution in [0, 0.1) is 10.1 Å². The van der Waals surface area contributed by atoms with Gasteiger partial charge in [0.1, 0.15) is 11.3 Å². The number of imidazole rings is 1. The molecule has 0 bridgehead atoms. The number of hydrogen-bond donors (Lipinski definition) is 2. The molecule has 5 rings (SSSR count). The van der Waals surface area contributed by atoms with Crippen molar-refractivity contribution in [2.75, 3.05) is 31.3 Å². The van der Waals surface area contributed by atoms with E-state index in [9.17, 15) is 14.9 Å². The van der Waals surface area contributed by atoms with E-state index >= 15 is 0 Å². The van der Waals surface area contributed by atoms with Crippen molar-refractivity contribution in [3.8, 4) is 11.1 Å². The van der Waals surface area contributed by atoms with Gasteiger partial charge in [-0.3, -0.25) is 10.1 Å². The topological polar surface area (TPSA) is 129 Å². The first-order valence-electron chi connectivity index (χ1n) is 13.4. The summed E-state index contributed by atoms with van der Waals surface area (Å²) < 4.78 is 7.25. The molecule has 10 nitrogen and oxygen atoms in total. The third kappa shape index (κ3) is 4.57. The van der Waals surface area contributed by atoms with Crippen LogP contribution >= 0.6 is 0 Å². The molecule has 2 heterocycles. The van der Waals surface area contributed by atoms with Crippen molar-refractivity contribution in [3.63, 3.8) is 0 Å². The summed E-state index contributed by atoms with van der Waals surface area (Å²) in [5.74, 6) is -0.702. The standard InChI is InChI=1S/C28H36N6O4/c1-17(21-10-7-13-30-21)32(2)24-15-20(27(34(36)37)26(29)25(24)28(35)38-3)18-11-12-23-22(14-18)31-16-33(23)19-8-5-4-6-9-19/h11-12,14-17,19,21,30H,4-10,13,29H2,1-3H3. The summed E-state index contributed by atoms with van der Waals surface area (Å²) in [5.41, 5.74) is 9.18. The summed E-state index contributed by atoms with van der Waals surface area (Å²) >= 11 is 0. The number of carbonyl (C=O) groups excluding carboxylic acids is 1. The number of anilines is 2. The van der Waals surface area contributed by atoms with E-state index in [1.807, 2.05) is 36.5 Å². The molecule has 2 aliphatic rings. The molecular formula is C28H36N6O4. The number of hydrogen-bond acceptors (Lipinski definition) is 8. The molecular weight excluding hydrogens is 484 g/mol. The van der Waals surface area contributed by atoms with Crippen molar-refractivity contribution >= 4 is 34.1 Å². The molecule has 1 saturated carbocycles. The van der Waals surface area contributed by atoms with Crippen molar-refractivity contribution in [1.29, 1.82) is 0 Å². The highest BCUT2D eigenvalue weighted by Gasteiger charge is 2.33. The number of carbonyl (C=O) groups is 1. The number of nitrogens with one attached hydrogen (secondary N) is 1. The van der Waals surface area contributed by atoms with E-state index in [2.05, 4.69) is 21.8 Å². The number of benzene rings is 2. The first-order valence-corrected chi connectivity index (χ1v) is 13.4. The van der Waals surface area contributed by atoms with Gasteiger partial charge in [0.05, 0.1) is 40.6 Å². The normalized spacial score (nSPS) is 19.0. The molecule has 1 aromatic heterocycles. The Bertz CT molecular complexity index is 1360. The molecule has 0 amide bonds. The second-order valence-corrected chi connectivity index (χ2v) is 10.5. The molecule has 1 saturated heterocycles. The number of nitrogen functional groups attached to an aromatic ring is 1. The summed E-state index contributed by atoms with van der Waals surface area (Å²) in [6.07, 6.45) is 9.93. The quantitative estimate of drug-likeness (QED) is 0.191. The Morgan fingerprint density at radius 1 is 1.24 bits per heavy atom. The van der Waals surface area contributed by atoms with Crippen molar-refractivity contribution < 1.29 is 14.5 Å². The van der Waals surface area contributed by atoms with Gasteiger partial charge in [-0.05, 0) is 62.9 Å².